The number of carbonyl (C=O) groups excluding carboxylic acids is 1. The van der Waals surface area contributed by atoms with Crippen LogP contribution in [-0.4, -0.2) is 11.1 Å². The van der Waals surface area contributed by atoms with Crippen molar-refractivity contribution in [3.05, 3.63) is 12.1 Å². The number of rotatable bonds is 2. The fraction of sp³-hybridized carbons (Fsp3) is 0. The maximum atomic E-state index is 9.99. The van der Waals surface area contributed by atoms with Crippen molar-refractivity contribution in [1.29, 1.82) is 0 Å². The smallest absolute Gasteiger partial charge is 0.317 e. The number of aliphatic hydroxyl groups is 1. The Labute approximate surface area is 51.5 Å². The molecule has 0 aromatic heterocycles. The first-order chi connectivity index (χ1) is 4.20. The van der Waals surface area contributed by atoms with Crippen LogP contribution in [0.2, 0.25) is 0 Å². The van der Waals surface area contributed by atoms with Gasteiger partial charge in [-0.15, -0.1) is 0 Å². The first-order valence-corrected chi connectivity index (χ1v) is 2.08. The predicted molar refractivity (Wildman–Crippen MR) is 30.8 cm³/mol. The Morgan fingerprint density at radius 3 is 2.33 bits per heavy atom. The van der Waals surface area contributed by atoms with Crippen LogP contribution in [0, 0.1) is 0 Å². The van der Waals surface area contributed by atoms with Crippen LogP contribution in [-0.2, 0) is 0 Å². The van der Waals surface area contributed by atoms with E-state index in [1.54, 1.807) is 0 Å². The second kappa shape index (κ2) is 3.56. The molecule has 0 fully saturated rings. The molecule has 0 saturated carbocycles. The highest BCUT2D eigenvalue weighted by molar-refractivity contribution is 5.73. The first kappa shape index (κ1) is 7.57. The Morgan fingerprint density at radius 2 is 2.22 bits per heavy atom. The number of nitrogens with two attached hydrogens (primary N) is 2. The Balaban J connectivity index is 3.71. The molecule has 7 N–H and O–H groups in total. The van der Waals surface area contributed by atoms with Crippen molar-refractivity contribution in [2.24, 2.45) is 11.6 Å². The lowest BCUT2D eigenvalue weighted by Gasteiger charge is -2.02. The summed E-state index contributed by atoms with van der Waals surface area (Å²) in [6, 6.07) is -0.798. The normalized spacial score (nSPS) is 10.6. The number of nitrogens with one attached hydrogen (secondary N) is 2. The minimum Gasteiger partial charge on any atom is -0.512 e. The summed E-state index contributed by atoms with van der Waals surface area (Å²) in [5, 5.41) is 10.2. The molecule has 0 bridgehead atoms. The molecule has 0 rings (SSSR count). The molecule has 0 aliphatic heterocycles. The summed E-state index contributed by atoms with van der Waals surface area (Å²) in [5.41, 5.74) is 6.63. The number of hydrazine groups is 1. The molecular formula is C3H8N4O2. The average molecular weight is 132 g/mol. The number of hydrogen-bond donors (Lipinski definition) is 5. The lowest BCUT2D eigenvalue weighted by molar-refractivity contribution is 0.250. The van der Waals surface area contributed by atoms with E-state index in [0.29, 0.717) is 6.26 Å². The summed E-state index contributed by atoms with van der Waals surface area (Å²) >= 11 is 0. The summed E-state index contributed by atoms with van der Waals surface area (Å²) in [5.74, 6) is 4.73. The van der Waals surface area contributed by atoms with E-state index < -0.39 is 6.03 Å². The highest BCUT2D eigenvalue weighted by Gasteiger charge is 1.94. The largest absolute Gasteiger partial charge is 0.512 e. The van der Waals surface area contributed by atoms with Gasteiger partial charge in [0.1, 0.15) is 6.26 Å². The van der Waals surface area contributed by atoms with Crippen LogP contribution < -0.4 is 22.3 Å². The molecule has 0 aliphatic rings. The van der Waals surface area contributed by atoms with Crippen LogP contribution in [0.25, 0.3) is 0 Å². The summed E-state index contributed by atoms with van der Waals surface area (Å²) in [7, 11) is 0. The molecule has 0 saturated heterocycles. The van der Waals surface area contributed by atoms with Crippen molar-refractivity contribution in [3.8, 4) is 0 Å². The minimum absolute atomic E-state index is 0.0532. The van der Waals surface area contributed by atoms with Crippen LogP contribution >= 0.6 is 0 Å². The van der Waals surface area contributed by atoms with Gasteiger partial charge in [0.05, 0.1) is 0 Å². The van der Waals surface area contributed by atoms with E-state index in [2.05, 4.69) is 5.73 Å². The molecular weight excluding hydrogens is 124 g/mol. The van der Waals surface area contributed by atoms with Gasteiger partial charge in [-0.2, -0.15) is 0 Å². The first-order valence-electron chi connectivity index (χ1n) is 2.08. The van der Waals surface area contributed by atoms with Gasteiger partial charge < -0.3 is 16.3 Å². The number of amides is 2. The van der Waals surface area contributed by atoms with Crippen molar-refractivity contribution in [2.75, 3.05) is 0 Å². The third kappa shape index (κ3) is 3.18. The number of urea groups is 1. The number of hydrogen-bond acceptors (Lipinski definition) is 4. The second-order valence-corrected chi connectivity index (χ2v) is 1.18. The maximum Gasteiger partial charge on any atom is 0.317 e. The van der Waals surface area contributed by atoms with Crippen molar-refractivity contribution in [2.45, 2.75) is 0 Å². The van der Waals surface area contributed by atoms with Gasteiger partial charge in [0.2, 0.25) is 0 Å². The summed E-state index contributed by atoms with van der Waals surface area (Å²) < 4.78 is 0. The van der Waals surface area contributed by atoms with E-state index in [1.165, 1.54) is 0 Å². The van der Waals surface area contributed by atoms with Gasteiger partial charge in [0.25, 0.3) is 0 Å². The average Bonchev–Trinajstić information content (AvgIpc) is 1.82. The van der Waals surface area contributed by atoms with E-state index in [-0.39, 0.29) is 5.82 Å². The molecule has 6 nitrogen and oxygen atoms in total. The molecule has 9 heavy (non-hydrogen) atoms. The van der Waals surface area contributed by atoms with Gasteiger partial charge in [-0.25, -0.2) is 10.6 Å². The molecule has 52 valence electrons. The third-order valence-electron chi connectivity index (χ3n) is 0.542. The molecule has 0 unspecified atom stereocenters. The topological polar surface area (TPSA) is 113 Å². The Kier molecular flexibility index (Phi) is 2.99. The zero-order valence-corrected chi connectivity index (χ0v) is 4.59. The van der Waals surface area contributed by atoms with Gasteiger partial charge >= 0.3 is 6.03 Å². The zero-order valence-electron chi connectivity index (χ0n) is 4.59. The summed E-state index contributed by atoms with van der Waals surface area (Å²) in [4.78, 5) is 9.99. The third-order valence-corrected chi connectivity index (χ3v) is 0.542. The fourth-order valence-corrected chi connectivity index (χ4v) is 0.238. The highest BCUT2D eigenvalue weighted by Crippen LogP contribution is 1.73. The molecule has 0 aromatic rings. The maximum absolute atomic E-state index is 9.99. The Hall–Kier alpha value is -1.43. The molecule has 0 atom stereocenters. The predicted octanol–water partition coefficient (Wildman–Crippen LogP) is -1.53. The lowest BCUT2D eigenvalue weighted by Crippen LogP contribution is -2.38. The van der Waals surface area contributed by atoms with Crippen molar-refractivity contribution >= 4 is 6.03 Å². The number of aliphatic hydroxyl groups excluding tert-OH is 1. The standard InChI is InChI=1S/C3H8N4O2/c4-3(9)6-2(1-8)7-5/h1,7-8H,5H2,(H3,4,6,9)/b2-1-. The summed E-state index contributed by atoms with van der Waals surface area (Å²) in [6.07, 6.45) is 0.588. The van der Waals surface area contributed by atoms with Gasteiger partial charge in [-0.1, -0.05) is 0 Å². The Morgan fingerprint density at radius 1 is 1.67 bits per heavy atom. The fourth-order valence-electron chi connectivity index (χ4n) is 0.238. The Bertz CT molecular complexity index is 132. The molecule has 6 heteroatoms. The molecule has 0 aromatic carbocycles. The van der Waals surface area contributed by atoms with E-state index in [0.717, 1.165) is 0 Å². The molecule has 0 spiro atoms. The van der Waals surface area contributed by atoms with E-state index in [4.69, 9.17) is 10.9 Å². The van der Waals surface area contributed by atoms with Gasteiger partial charge in [0.15, 0.2) is 5.82 Å². The van der Waals surface area contributed by atoms with Crippen LogP contribution in [0.3, 0.4) is 0 Å². The van der Waals surface area contributed by atoms with Crippen LogP contribution in [0.4, 0.5) is 4.79 Å². The van der Waals surface area contributed by atoms with Crippen LogP contribution in [0.1, 0.15) is 0 Å². The van der Waals surface area contributed by atoms with Crippen LogP contribution in [0.15, 0.2) is 12.1 Å². The summed E-state index contributed by atoms with van der Waals surface area (Å²) in [6.45, 7) is 0. The van der Waals surface area contributed by atoms with E-state index >= 15 is 0 Å². The van der Waals surface area contributed by atoms with Crippen molar-refractivity contribution in [3.63, 3.8) is 0 Å². The van der Waals surface area contributed by atoms with E-state index in [1.807, 2.05) is 10.7 Å². The SMILES string of the molecule is NN/C(=C\O)NC(N)=O. The highest BCUT2D eigenvalue weighted by atomic mass is 16.2. The monoisotopic (exact) mass is 132 g/mol. The second-order valence-electron chi connectivity index (χ2n) is 1.18. The number of primary amides is 1. The molecule has 0 radical (unpaired) electrons. The van der Waals surface area contributed by atoms with Crippen molar-refractivity contribution in [1.82, 2.24) is 10.7 Å². The van der Waals surface area contributed by atoms with Gasteiger partial charge in [0, 0.05) is 0 Å². The van der Waals surface area contributed by atoms with Crippen LogP contribution in [0.5, 0.6) is 0 Å². The molecule has 0 aliphatic carbocycles. The van der Waals surface area contributed by atoms with Gasteiger partial charge in [-0.05, 0) is 0 Å². The molecule has 2 amide bonds. The van der Waals surface area contributed by atoms with Crippen molar-refractivity contribution < 1.29 is 9.90 Å². The lowest BCUT2D eigenvalue weighted by atomic mass is 10.7. The van der Waals surface area contributed by atoms with Gasteiger partial charge in [-0.3, -0.25) is 5.32 Å². The zero-order chi connectivity index (χ0) is 7.28. The van der Waals surface area contributed by atoms with E-state index in [9.17, 15) is 4.79 Å². The quantitative estimate of drug-likeness (QED) is 0.178. The number of carbonyl (C=O) groups is 1. The minimum atomic E-state index is -0.798. The molecule has 0 heterocycles.